The van der Waals surface area contributed by atoms with Gasteiger partial charge in [0, 0.05) is 11.7 Å². The number of hydrogen-bond acceptors (Lipinski definition) is 2. The zero-order valence-corrected chi connectivity index (χ0v) is 11.7. The summed E-state index contributed by atoms with van der Waals surface area (Å²) in [6.07, 6.45) is 2.20. The van der Waals surface area contributed by atoms with E-state index < -0.39 is 0 Å². The first-order valence-corrected chi connectivity index (χ1v) is 6.91. The SMILES string of the molecule is COc1ccc(-c2ccc3c(c2)CCC(C)N3)cc1F. The molecule has 1 atom stereocenters. The van der Waals surface area contributed by atoms with Crippen LogP contribution >= 0.6 is 0 Å². The number of fused-ring (bicyclic) bond motifs is 1. The van der Waals surface area contributed by atoms with E-state index in [2.05, 4.69) is 24.4 Å². The molecule has 0 spiro atoms. The number of anilines is 1. The van der Waals surface area contributed by atoms with Gasteiger partial charge in [-0.2, -0.15) is 0 Å². The monoisotopic (exact) mass is 271 g/mol. The van der Waals surface area contributed by atoms with Crippen molar-refractivity contribution in [3.05, 3.63) is 47.8 Å². The Hall–Kier alpha value is -2.03. The van der Waals surface area contributed by atoms with E-state index in [1.54, 1.807) is 6.07 Å². The van der Waals surface area contributed by atoms with Crippen LogP contribution in [0.4, 0.5) is 10.1 Å². The standard InChI is InChI=1S/C17H18FNO/c1-11-3-4-14-9-12(5-7-16(14)19-11)13-6-8-17(20-2)15(18)10-13/h5-11,19H,3-4H2,1-2H3. The molecule has 2 aromatic carbocycles. The van der Waals surface area contributed by atoms with E-state index in [0.29, 0.717) is 6.04 Å². The van der Waals surface area contributed by atoms with Gasteiger partial charge in [0.25, 0.3) is 0 Å². The van der Waals surface area contributed by atoms with E-state index in [1.165, 1.54) is 24.4 Å². The van der Waals surface area contributed by atoms with Crippen molar-refractivity contribution >= 4 is 5.69 Å². The van der Waals surface area contributed by atoms with Crippen LogP contribution in [0.5, 0.6) is 5.75 Å². The summed E-state index contributed by atoms with van der Waals surface area (Å²) in [5.74, 6) is -0.0448. The normalized spacial score (nSPS) is 17.2. The highest BCUT2D eigenvalue weighted by atomic mass is 19.1. The van der Waals surface area contributed by atoms with Gasteiger partial charge in [-0.15, -0.1) is 0 Å². The van der Waals surface area contributed by atoms with Gasteiger partial charge in [0.05, 0.1) is 7.11 Å². The Bertz CT molecular complexity index is 639. The topological polar surface area (TPSA) is 21.3 Å². The molecule has 1 aliphatic heterocycles. The number of methoxy groups -OCH3 is 1. The lowest BCUT2D eigenvalue weighted by molar-refractivity contribution is 0.386. The summed E-state index contributed by atoms with van der Waals surface area (Å²) in [5, 5.41) is 3.47. The average Bonchev–Trinajstić information content (AvgIpc) is 2.46. The molecule has 1 unspecified atom stereocenters. The molecule has 0 aliphatic carbocycles. The van der Waals surface area contributed by atoms with Crippen molar-refractivity contribution in [2.24, 2.45) is 0 Å². The van der Waals surface area contributed by atoms with E-state index in [4.69, 9.17) is 4.74 Å². The Kier molecular flexibility index (Phi) is 3.35. The van der Waals surface area contributed by atoms with Crippen LogP contribution in [-0.4, -0.2) is 13.2 Å². The maximum absolute atomic E-state index is 13.8. The zero-order chi connectivity index (χ0) is 14.1. The van der Waals surface area contributed by atoms with Gasteiger partial charge in [-0.3, -0.25) is 0 Å². The lowest BCUT2D eigenvalue weighted by atomic mass is 9.95. The second-order valence-corrected chi connectivity index (χ2v) is 5.31. The molecule has 2 nitrogen and oxygen atoms in total. The van der Waals surface area contributed by atoms with E-state index in [0.717, 1.165) is 24.0 Å². The largest absolute Gasteiger partial charge is 0.494 e. The fraction of sp³-hybridized carbons (Fsp3) is 0.294. The third-order valence-corrected chi connectivity index (χ3v) is 3.84. The molecule has 20 heavy (non-hydrogen) atoms. The highest BCUT2D eigenvalue weighted by Gasteiger charge is 2.15. The van der Waals surface area contributed by atoms with E-state index in [9.17, 15) is 4.39 Å². The zero-order valence-electron chi connectivity index (χ0n) is 11.7. The average molecular weight is 271 g/mol. The molecular weight excluding hydrogens is 253 g/mol. The molecule has 0 amide bonds. The van der Waals surface area contributed by atoms with Crippen LogP contribution in [0.3, 0.4) is 0 Å². The molecule has 0 saturated heterocycles. The third kappa shape index (κ3) is 2.36. The molecule has 104 valence electrons. The number of benzene rings is 2. The van der Waals surface area contributed by atoms with Crippen LogP contribution in [0.1, 0.15) is 18.9 Å². The fourth-order valence-electron chi connectivity index (χ4n) is 2.68. The van der Waals surface area contributed by atoms with Crippen molar-refractivity contribution in [1.82, 2.24) is 0 Å². The number of ether oxygens (including phenoxy) is 1. The van der Waals surface area contributed by atoms with Crippen LogP contribution < -0.4 is 10.1 Å². The first-order valence-electron chi connectivity index (χ1n) is 6.91. The maximum Gasteiger partial charge on any atom is 0.165 e. The highest BCUT2D eigenvalue weighted by molar-refractivity contribution is 5.70. The minimum absolute atomic E-state index is 0.280. The molecule has 3 rings (SSSR count). The molecule has 0 fully saturated rings. The van der Waals surface area contributed by atoms with Crippen molar-refractivity contribution in [2.75, 3.05) is 12.4 Å². The Labute approximate surface area is 118 Å². The van der Waals surface area contributed by atoms with Gasteiger partial charge in [0.2, 0.25) is 0 Å². The van der Waals surface area contributed by atoms with E-state index in [-0.39, 0.29) is 11.6 Å². The van der Waals surface area contributed by atoms with Gasteiger partial charge in [0.15, 0.2) is 11.6 Å². The van der Waals surface area contributed by atoms with Crippen molar-refractivity contribution in [1.29, 1.82) is 0 Å². The molecule has 1 heterocycles. The number of halogens is 1. The molecule has 0 radical (unpaired) electrons. The number of rotatable bonds is 2. The predicted molar refractivity (Wildman–Crippen MR) is 79.8 cm³/mol. The Balaban J connectivity index is 1.97. The van der Waals surface area contributed by atoms with Gasteiger partial charge in [-0.1, -0.05) is 12.1 Å². The van der Waals surface area contributed by atoms with Gasteiger partial charge in [-0.05, 0) is 60.7 Å². The van der Waals surface area contributed by atoms with Crippen molar-refractivity contribution in [3.63, 3.8) is 0 Å². The van der Waals surface area contributed by atoms with Crippen molar-refractivity contribution in [2.45, 2.75) is 25.8 Å². The van der Waals surface area contributed by atoms with Crippen LogP contribution in [0.15, 0.2) is 36.4 Å². The first-order chi connectivity index (χ1) is 9.67. The maximum atomic E-state index is 13.8. The molecule has 1 N–H and O–H groups in total. The fourth-order valence-corrected chi connectivity index (χ4v) is 2.68. The highest BCUT2D eigenvalue weighted by Crippen LogP contribution is 2.31. The first kappa shape index (κ1) is 13.0. The van der Waals surface area contributed by atoms with E-state index in [1.807, 2.05) is 12.1 Å². The van der Waals surface area contributed by atoms with Gasteiger partial charge >= 0.3 is 0 Å². The van der Waals surface area contributed by atoms with Crippen LogP contribution in [0.25, 0.3) is 11.1 Å². The lowest BCUT2D eigenvalue weighted by Gasteiger charge is -2.24. The molecule has 1 aliphatic rings. The third-order valence-electron chi connectivity index (χ3n) is 3.84. The van der Waals surface area contributed by atoms with E-state index >= 15 is 0 Å². The number of hydrogen-bond donors (Lipinski definition) is 1. The summed E-state index contributed by atoms with van der Waals surface area (Å²) in [6, 6.07) is 11.9. The van der Waals surface area contributed by atoms with Crippen molar-refractivity contribution < 1.29 is 9.13 Å². The predicted octanol–water partition coefficient (Wildman–Crippen LogP) is 4.25. The summed E-state index contributed by atoms with van der Waals surface area (Å²) in [6.45, 7) is 2.19. The van der Waals surface area contributed by atoms with Gasteiger partial charge < -0.3 is 10.1 Å². The molecule has 0 bridgehead atoms. The lowest BCUT2D eigenvalue weighted by Crippen LogP contribution is -2.21. The number of aryl methyl sites for hydroxylation is 1. The minimum Gasteiger partial charge on any atom is -0.494 e. The van der Waals surface area contributed by atoms with Crippen LogP contribution in [-0.2, 0) is 6.42 Å². The summed E-state index contributed by atoms with van der Waals surface area (Å²) < 4.78 is 18.7. The summed E-state index contributed by atoms with van der Waals surface area (Å²) in [7, 11) is 1.48. The molecule has 3 heteroatoms. The Morgan fingerprint density at radius 3 is 2.65 bits per heavy atom. The second-order valence-electron chi connectivity index (χ2n) is 5.31. The quantitative estimate of drug-likeness (QED) is 0.881. The molecule has 0 saturated carbocycles. The van der Waals surface area contributed by atoms with Crippen molar-refractivity contribution in [3.8, 4) is 16.9 Å². The summed E-state index contributed by atoms with van der Waals surface area (Å²) >= 11 is 0. The summed E-state index contributed by atoms with van der Waals surface area (Å²) in [4.78, 5) is 0. The van der Waals surface area contributed by atoms with Crippen LogP contribution in [0, 0.1) is 5.82 Å². The smallest absolute Gasteiger partial charge is 0.165 e. The van der Waals surface area contributed by atoms with Gasteiger partial charge in [0.1, 0.15) is 0 Å². The van der Waals surface area contributed by atoms with Gasteiger partial charge in [-0.25, -0.2) is 4.39 Å². The van der Waals surface area contributed by atoms with Crippen LogP contribution in [0.2, 0.25) is 0 Å². The molecular formula is C17H18FNO. The summed E-state index contributed by atoms with van der Waals surface area (Å²) in [5.41, 5.74) is 4.42. The molecule has 2 aromatic rings. The Morgan fingerprint density at radius 2 is 1.90 bits per heavy atom. The number of nitrogens with one attached hydrogen (secondary N) is 1. The second kappa shape index (κ2) is 5.16. The Morgan fingerprint density at radius 1 is 1.15 bits per heavy atom. The molecule has 0 aromatic heterocycles. The minimum atomic E-state index is -0.325.